The van der Waals surface area contributed by atoms with Crippen LogP contribution in [-0.2, 0) is 4.79 Å². The molecule has 3 N–H and O–H groups in total. The van der Waals surface area contributed by atoms with Gasteiger partial charge in [0.2, 0.25) is 0 Å². The van der Waals surface area contributed by atoms with Gasteiger partial charge in [0.25, 0.3) is 0 Å². The van der Waals surface area contributed by atoms with E-state index in [1.54, 1.807) is 0 Å². The molecule has 4 nitrogen and oxygen atoms in total. The first-order valence-corrected chi connectivity index (χ1v) is 6.32. The number of benzene rings is 1. The van der Waals surface area contributed by atoms with Crippen LogP contribution in [-0.4, -0.2) is 29.7 Å². The molecule has 1 aliphatic rings. The van der Waals surface area contributed by atoms with E-state index in [2.05, 4.69) is 30.5 Å². The van der Waals surface area contributed by atoms with Crippen molar-refractivity contribution >= 4 is 11.7 Å². The first-order valence-electron chi connectivity index (χ1n) is 6.32. The summed E-state index contributed by atoms with van der Waals surface area (Å²) in [5, 5.41) is 15.6. The molecule has 1 saturated heterocycles. The Kier molecular flexibility index (Phi) is 3.57. The Hall–Kier alpha value is -1.55. The van der Waals surface area contributed by atoms with E-state index in [-0.39, 0.29) is 12.0 Å². The Morgan fingerprint density at radius 2 is 2.11 bits per heavy atom. The molecule has 98 valence electrons. The van der Waals surface area contributed by atoms with Crippen molar-refractivity contribution in [2.75, 3.05) is 18.4 Å². The van der Waals surface area contributed by atoms with E-state index >= 15 is 0 Å². The standard InChI is InChI=1S/C14H20N2O2/c1-10(2)11-5-3-4-6-12(11)16-14(7-13(17)18)8-15-9-14/h3-6,10,15-16H,7-9H2,1-2H3,(H,17,18). The van der Waals surface area contributed by atoms with E-state index in [1.165, 1.54) is 5.56 Å². The maximum atomic E-state index is 10.9. The van der Waals surface area contributed by atoms with Crippen molar-refractivity contribution in [3.63, 3.8) is 0 Å². The third-order valence-electron chi connectivity index (χ3n) is 3.40. The number of rotatable bonds is 5. The van der Waals surface area contributed by atoms with Gasteiger partial charge in [-0.1, -0.05) is 32.0 Å². The van der Waals surface area contributed by atoms with Crippen LogP contribution in [0.3, 0.4) is 0 Å². The number of aliphatic carboxylic acids is 1. The smallest absolute Gasteiger partial charge is 0.305 e. The van der Waals surface area contributed by atoms with Crippen LogP contribution in [0.25, 0.3) is 0 Å². The predicted molar refractivity (Wildman–Crippen MR) is 72.0 cm³/mol. The third kappa shape index (κ3) is 2.64. The number of anilines is 1. The zero-order chi connectivity index (χ0) is 13.2. The van der Waals surface area contributed by atoms with Gasteiger partial charge in [-0.25, -0.2) is 0 Å². The molecule has 4 heteroatoms. The van der Waals surface area contributed by atoms with Crippen LogP contribution >= 0.6 is 0 Å². The van der Waals surface area contributed by atoms with Crippen LogP contribution in [0, 0.1) is 0 Å². The second-order valence-corrected chi connectivity index (χ2v) is 5.32. The minimum atomic E-state index is -0.758. The van der Waals surface area contributed by atoms with Gasteiger partial charge < -0.3 is 15.7 Å². The number of nitrogens with one attached hydrogen (secondary N) is 2. The lowest BCUT2D eigenvalue weighted by Gasteiger charge is -2.43. The zero-order valence-corrected chi connectivity index (χ0v) is 10.9. The number of carbonyl (C=O) groups is 1. The van der Waals surface area contributed by atoms with Crippen LogP contribution < -0.4 is 10.6 Å². The predicted octanol–water partition coefficient (Wildman–Crippen LogP) is 2.04. The van der Waals surface area contributed by atoms with Crippen LogP contribution in [0.5, 0.6) is 0 Å². The topological polar surface area (TPSA) is 61.4 Å². The molecule has 0 spiro atoms. The van der Waals surface area contributed by atoms with E-state index in [4.69, 9.17) is 5.11 Å². The van der Waals surface area contributed by atoms with Gasteiger partial charge in [-0.3, -0.25) is 4.79 Å². The summed E-state index contributed by atoms with van der Waals surface area (Å²) in [6, 6.07) is 8.11. The Bertz CT molecular complexity index is 439. The van der Waals surface area contributed by atoms with Gasteiger partial charge in [-0.15, -0.1) is 0 Å². The zero-order valence-electron chi connectivity index (χ0n) is 10.9. The summed E-state index contributed by atoms with van der Waals surface area (Å²) in [5.74, 6) is -0.338. The second-order valence-electron chi connectivity index (χ2n) is 5.32. The Labute approximate surface area is 107 Å². The van der Waals surface area contributed by atoms with Gasteiger partial charge in [0, 0.05) is 18.8 Å². The molecule has 1 aromatic rings. The maximum absolute atomic E-state index is 10.9. The molecule has 0 bridgehead atoms. The number of para-hydroxylation sites is 1. The van der Waals surface area contributed by atoms with Crippen molar-refractivity contribution in [1.29, 1.82) is 0 Å². The number of carboxylic acid groups (broad SMARTS) is 1. The summed E-state index contributed by atoms with van der Waals surface area (Å²) in [5.41, 5.74) is 1.95. The van der Waals surface area contributed by atoms with Crippen molar-refractivity contribution in [3.8, 4) is 0 Å². The highest BCUT2D eigenvalue weighted by molar-refractivity contribution is 5.70. The molecule has 0 aromatic heterocycles. The van der Waals surface area contributed by atoms with Gasteiger partial charge in [-0.05, 0) is 17.5 Å². The summed E-state index contributed by atoms with van der Waals surface area (Å²) in [6.45, 7) is 5.68. The third-order valence-corrected chi connectivity index (χ3v) is 3.40. The SMILES string of the molecule is CC(C)c1ccccc1NC1(CC(=O)O)CNC1. The van der Waals surface area contributed by atoms with E-state index in [0.29, 0.717) is 19.0 Å². The second kappa shape index (κ2) is 4.98. The van der Waals surface area contributed by atoms with Crippen LogP contribution in [0.4, 0.5) is 5.69 Å². The maximum Gasteiger partial charge on any atom is 0.305 e. The van der Waals surface area contributed by atoms with E-state index < -0.39 is 5.97 Å². The molecule has 0 saturated carbocycles. The highest BCUT2D eigenvalue weighted by Gasteiger charge is 2.39. The van der Waals surface area contributed by atoms with Crippen molar-refractivity contribution in [3.05, 3.63) is 29.8 Å². The Balaban J connectivity index is 2.19. The number of hydrogen-bond donors (Lipinski definition) is 3. The fourth-order valence-electron chi connectivity index (χ4n) is 2.37. The summed E-state index contributed by atoms with van der Waals surface area (Å²) in [6.07, 6.45) is 0.145. The molecule has 0 aliphatic carbocycles. The van der Waals surface area contributed by atoms with Gasteiger partial charge in [0.15, 0.2) is 0 Å². The molecule has 0 atom stereocenters. The fourth-order valence-corrected chi connectivity index (χ4v) is 2.37. The van der Waals surface area contributed by atoms with E-state index in [9.17, 15) is 4.79 Å². The fraction of sp³-hybridized carbons (Fsp3) is 0.500. The molecule has 18 heavy (non-hydrogen) atoms. The van der Waals surface area contributed by atoms with Gasteiger partial charge >= 0.3 is 5.97 Å². The first kappa shape index (κ1) is 12.9. The number of hydrogen-bond acceptors (Lipinski definition) is 3. The molecule has 0 amide bonds. The monoisotopic (exact) mass is 248 g/mol. The van der Waals surface area contributed by atoms with E-state index in [1.807, 2.05) is 18.2 Å². The highest BCUT2D eigenvalue weighted by atomic mass is 16.4. The Morgan fingerprint density at radius 3 is 2.61 bits per heavy atom. The summed E-state index contributed by atoms with van der Waals surface area (Å²) >= 11 is 0. The van der Waals surface area contributed by atoms with E-state index in [0.717, 1.165) is 5.69 Å². The normalized spacial score (nSPS) is 17.3. The molecule has 1 aliphatic heterocycles. The number of carboxylic acids is 1. The molecular formula is C14H20N2O2. The first-order chi connectivity index (χ1) is 8.52. The molecule has 1 aromatic carbocycles. The van der Waals surface area contributed by atoms with Crippen LogP contribution in [0.1, 0.15) is 31.7 Å². The molecule has 2 rings (SSSR count). The minimum absolute atomic E-state index is 0.145. The van der Waals surface area contributed by atoms with Crippen molar-refractivity contribution in [2.24, 2.45) is 0 Å². The van der Waals surface area contributed by atoms with Gasteiger partial charge in [0.05, 0.1) is 12.0 Å². The molecule has 0 unspecified atom stereocenters. The highest BCUT2D eigenvalue weighted by Crippen LogP contribution is 2.29. The lowest BCUT2D eigenvalue weighted by molar-refractivity contribution is -0.138. The van der Waals surface area contributed by atoms with Gasteiger partial charge in [-0.2, -0.15) is 0 Å². The lowest BCUT2D eigenvalue weighted by Crippen LogP contribution is -2.65. The van der Waals surface area contributed by atoms with Crippen molar-refractivity contribution in [1.82, 2.24) is 5.32 Å². The molecule has 1 heterocycles. The van der Waals surface area contributed by atoms with Crippen molar-refractivity contribution < 1.29 is 9.90 Å². The summed E-state index contributed by atoms with van der Waals surface area (Å²) < 4.78 is 0. The molecular weight excluding hydrogens is 228 g/mol. The molecule has 0 radical (unpaired) electrons. The molecule has 1 fully saturated rings. The van der Waals surface area contributed by atoms with Crippen molar-refractivity contribution in [2.45, 2.75) is 31.7 Å². The largest absolute Gasteiger partial charge is 0.481 e. The lowest BCUT2D eigenvalue weighted by atomic mass is 9.87. The Morgan fingerprint density at radius 1 is 1.44 bits per heavy atom. The minimum Gasteiger partial charge on any atom is -0.481 e. The average molecular weight is 248 g/mol. The van der Waals surface area contributed by atoms with Crippen LogP contribution in [0.2, 0.25) is 0 Å². The average Bonchev–Trinajstić information content (AvgIpc) is 2.26. The summed E-state index contributed by atoms with van der Waals surface area (Å²) in [7, 11) is 0. The summed E-state index contributed by atoms with van der Waals surface area (Å²) in [4.78, 5) is 10.9. The van der Waals surface area contributed by atoms with Crippen LogP contribution in [0.15, 0.2) is 24.3 Å². The quantitative estimate of drug-likeness (QED) is 0.746. The van der Waals surface area contributed by atoms with Gasteiger partial charge in [0.1, 0.15) is 0 Å².